The first kappa shape index (κ1) is 20.0. The van der Waals surface area contributed by atoms with Crippen LogP contribution in [0.2, 0.25) is 0 Å². The standard InChI is InChI=1S/C24H31N3O2/c1-24(27(28)29)18-25(16-20-10-4-2-5-11-20)22-14-8-9-15-23(22)26(19-24)17-21-12-6-3-7-13-21/h2-7,10-13,22-23H,8-9,14-19H2,1H3/t22-,23-/m1/s1. The number of nitrogens with zero attached hydrogens (tertiary/aromatic N) is 3. The van der Waals surface area contributed by atoms with Crippen LogP contribution in [0.1, 0.15) is 43.7 Å². The lowest BCUT2D eigenvalue weighted by molar-refractivity contribution is -0.565. The largest absolute Gasteiger partial charge is 0.288 e. The second-order valence-electron chi connectivity index (χ2n) is 8.95. The average Bonchev–Trinajstić information content (AvgIpc) is 2.85. The lowest BCUT2D eigenvalue weighted by Gasteiger charge is -2.42. The normalized spacial score (nSPS) is 25.1. The van der Waals surface area contributed by atoms with E-state index in [-0.39, 0.29) is 4.92 Å². The summed E-state index contributed by atoms with van der Waals surface area (Å²) < 4.78 is 0. The maximum atomic E-state index is 12.2. The van der Waals surface area contributed by atoms with Gasteiger partial charge in [-0.05, 0) is 24.0 Å². The van der Waals surface area contributed by atoms with Crippen molar-refractivity contribution in [3.63, 3.8) is 0 Å². The highest BCUT2D eigenvalue weighted by Gasteiger charge is 2.49. The first-order valence-electron chi connectivity index (χ1n) is 10.8. The summed E-state index contributed by atoms with van der Waals surface area (Å²) in [5.41, 5.74) is 1.50. The van der Waals surface area contributed by atoms with Gasteiger partial charge in [0.2, 0.25) is 5.54 Å². The summed E-state index contributed by atoms with van der Waals surface area (Å²) in [5.74, 6) is 0. The molecule has 2 aliphatic rings. The van der Waals surface area contributed by atoms with E-state index in [2.05, 4.69) is 58.3 Å². The first-order valence-corrected chi connectivity index (χ1v) is 10.8. The SMILES string of the molecule is CC1([N+](=O)[O-])CN(Cc2ccccc2)[C@@H]2CCCC[C@H]2N(Cc2ccccc2)C1. The lowest BCUT2D eigenvalue weighted by Crippen LogP contribution is -2.50. The van der Waals surface area contributed by atoms with Gasteiger partial charge in [-0.3, -0.25) is 19.9 Å². The summed E-state index contributed by atoms with van der Waals surface area (Å²) in [6.45, 7) is 4.40. The van der Waals surface area contributed by atoms with Crippen molar-refractivity contribution in [2.75, 3.05) is 13.1 Å². The smallest absolute Gasteiger partial charge is 0.244 e. The number of rotatable bonds is 5. The minimum atomic E-state index is -0.971. The van der Waals surface area contributed by atoms with Crippen LogP contribution in [0.4, 0.5) is 0 Å². The van der Waals surface area contributed by atoms with Crippen LogP contribution in [0.15, 0.2) is 60.7 Å². The fourth-order valence-electron chi connectivity index (χ4n) is 5.20. The third-order valence-electron chi connectivity index (χ3n) is 6.62. The van der Waals surface area contributed by atoms with Crippen molar-refractivity contribution in [2.45, 2.75) is 63.3 Å². The Hall–Kier alpha value is -2.24. The topological polar surface area (TPSA) is 49.6 Å². The maximum Gasteiger partial charge on any atom is 0.244 e. The summed E-state index contributed by atoms with van der Waals surface area (Å²) in [4.78, 5) is 17.0. The molecule has 2 atom stereocenters. The fourth-order valence-corrected chi connectivity index (χ4v) is 5.20. The number of fused-ring (bicyclic) bond motifs is 1. The summed E-state index contributed by atoms with van der Waals surface area (Å²) >= 11 is 0. The zero-order chi connectivity index (χ0) is 20.3. The molecular weight excluding hydrogens is 362 g/mol. The molecule has 2 aromatic rings. The second-order valence-corrected chi connectivity index (χ2v) is 8.95. The zero-order valence-corrected chi connectivity index (χ0v) is 17.2. The minimum Gasteiger partial charge on any atom is -0.288 e. The third-order valence-corrected chi connectivity index (χ3v) is 6.62. The Kier molecular flexibility index (Phi) is 5.97. The van der Waals surface area contributed by atoms with Crippen LogP contribution in [-0.4, -0.2) is 45.4 Å². The predicted octanol–water partition coefficient (Wildman–Crippen LogP) is 4.35. The molecule has 0 radical (unpaired) electrons. The minimum absolute atomic E-state index is 0.0414. The quantitative estimate of drug-likeness (QED) is 0.560. The Labute approximate surface area is 173 Å². The van der Waals surface area contributed by atoms with Crippen molar-refractivity contribution in [1.29, 1.82) is 0 Å². The zero-order valence-electron chi connectivity index (χ0n) is 17.2. The molecule has 0 N–H and O–H groups in total. The molecule has 5 nitrogen and oxygen atoms in total. The molecule has 2 fully saturated rings. The van der Waals surface area contributed by atoms with E-state index in [1.165, 1.54) is 24.0 Å². The van der Waals surface area contributed by atoms with Gasteiger partial charge in [0, 0.05) is 37.0 Å². The average molecular weight is 394 g/mol. The van der Waals surface area contributed by atoms with Crippen LogP contribution in [0.25, 0.3) is 0 Å². The maximum absolute atomic E-state index is 12.2. The summed E-state index contributed by atoms with van der Waals surface area (Å²) in [5, 5.41) is 12.2. The molecule has 0 amide bonds. The molecule has 1 aliphatic carbocycles. The second kappa shape index (κ2) is 8.64. The fraction of sp³-hybridized carbons (Fsp3) is 0.500. The van der Waals surface area contributed by atoms with Gasteiger partial charge in [-0.2, -0.15) is 0 Å². The summed E-state index contributed by atoms with van der Waals surface area (Å²) in [7, 11) is 0. The number of benzene rings is 2. The monoisotopic (exact) mass is 393 g/mol. The number of hydrogen-bond acceptors (Lipinski definition) is 4. The molecule has 5 heteroatoms. The van der Waals surface area contributed by atoms with E-state index >= 15 is 0 Å². The molecule has 1 saturated heterocycles. The van der Waals surface area contributed by atoms with Crippen LogP contribution < -0.4 is 0 Å². The van der Waals surface area contributed by atoms with E-state index in [1.54, 1.807) is 0 Å². The molecule has 0 aromatic heterocycles. The lowest BCUT2D eigenvalue weighted by atomic mass is 9.88. The van der Waals surface area contributed by atoms with Crippen molar-refractivity contribution in [2.24, 2.45) is 0 Å². The number of hydrogen-bond donors (Lipinski definition) is 0. The van der Waals surface area contributed by atoms with Gasteiger partial charge < -0.3 is 0 Å². The van der Waals surface area contributed by atoms with Crippen molar-refractivity contribution in [3.05, 3.63) is 81.9 Å². The van der Waals surface area contributed by atoms with E-state index in [1.807, 2.05) is 19.1 Å². The van der Waals surface area contributed by atoms with Gasteiger partial charge >= 0.3 is 0 Å². The Morgan fingerprint density at radius 1 is 0.862 bits per heavy atom. The van der Waals surface area contributed by atoms with Crippen LogP contribution in [-0.2, 0) is 13.1 Å². The summed E-state index contributed by atoms with van der Waals surface area (Å²) in [6.07, 6.45) is 4.66. The highest BCUT2D eigenvalue weighted by molar-refractivity contribution is 5.17. The Bertz CT molecular complexity index is 752. The van der Waals surface area contributed by atoms with Crippen LogP contribution in [0, 0.1) is 10.1 Å². The predicted molar refractivity (Wildman–Crippen MR) is 115 cm³/mol. The van der Waals surface area contributed by atoms with Crippen molar-refractivity contribution in [1.82, 2.24) is 9.80 Å². The van der Waals surface area contributed by atoms with Gasteiger partial charge in [0.25, 0.3) is 0 Å². The van der Waals surface area contributed by atoms with Gasteiger partial charge in [0.1, 0.15) is 0 Å². The van der Waals surface area contributed by atoms with E-state index in [0.717, 1.165) is 25.9 Å². The van der Waals surface area contributed by atoms with Crippen molar-refractivity contribution >= 4 is 0 Å². The number of nitro groups is 1. The highest BCUT2D eigenvalue weighted by atomic mass is 16.6. The molecule has 0 spiro atoms. The van der Waals surface area contributed by atoms with Gasteiger partial charge in [0.15, 0.2) is 0 Å². The molecular formula is C24H31N3O2. The molecule has 4 rings (SSSR count). The van der Waals surface area contributed by atoms with Crippen LogP contribution in [0.5, 0.6) is 0 Å². The molecule has 154 valence electrons. The Morgan fingerprint density at radius 3 is 1.66 bits per heavy atom. The Balaban J connectivity index is 1.66. The van der Waals surface area contributed by atoms with Crippen molar-refractivity contribution < 1.29 is 4.92 Å². The van der Waals surface area contributed by atoms with Gasteiger partial charge in [-0.15, -0.1) is 0 Å². The van der Waals surface area contributed by atoms with Gasteiger partial charge in [-0.25, -0.2) is 0 Å². The molecule has 29 heavy (non-hydrogen) atoms. The van der Waals surface area contributed by atoms with Gasteiger partial charge in [-0.1, -0.05) is 73.5 Å². The molecule has 2 aromatic carbocycles. The third kappa shape index (κ3) is 4.51. The molecule has 0 unspecified atom stereocenters. The Morgan fingerprint density at radius 2 is 1.28 bits per heavy atom. The van der Waals surface area contributed by atoms with E-state index < -0.39 is 5.54 Å². The van der Waals surface area contributed by atoms with Gasteiger partial charge in [0.05, 0.1) is 13.1 Å². The van der Waals surface area contributed by atoms with E-state index in [9.17, 15) is 10.1 Å². The van der Waals surface area contributed by atoms with Crippen molar-refractivity contribution in [3.8, 4) is 0 Å². The molecule has 1 aliphatic heterocycles. The highest BCUT2D eigenvalue weighted by Crippen LogP contribution is 2.35. The van der Waals surface area contributed by atoms with E-state index in [0.29, 0.717) is 25.2 Å². The summed E-state index contributed by atoms with van der Waals surface area (Å²) in [6, 6.07) is 21.5. The molecule has 0 bridgehead atoms. The van der Waals surface area contributed by atoms with E-state index in [4.69, 9.17) is 0 Å². The molecule has 1 heterocycles. The first-order chi connectivity index (χ1) is 14.0. The van der Waals surface area contributed by atoms with Crippen LogP contribution in [0.3, 0.4) is 0 Å². The molecule has 1 saturated carbocycles. The van der Waals surface area contributed by atoms with Crippen LogP contribution >= 0.6 is 0 Å².